The number of sulfonamides is 1. The maximum Gasteiger partial charge on any atom is 0.264 e. The minimum Gasteiger partial charge on any atom is -0.475 e. The van der Waals surface area contributed by atoms with Crippen LogP contribution in [0.5, 0.6) is 5.88 Å². The summed E-state index contributed by atoms with van der Waals surface area (Å²) >= 11 is 0. The number of anilines is 2. The van der Waals surface area contributed by atoms with E-state index in [-0.39, 0.29) is 52.2 Å². The van der Waals surface area contributed by atoms with Crippen LogP contribution in [0.1, 0.15) is 80.8 Å². The molecule has 1 N–H and O–H groups in total. The molecule has 0 saturated heterocycles. The van der Waals surface area contributed by atoms with Crippen molar-refractivity contribution in [1.29, 1.82) is 0 Å². The van der Waals surface area contributed by atoms with Crippen molar-refractivity contribution in [2.45, 2.75) is 86.2 Å². The second kappa shape index (κ2) is 14.0. The van der Waals surface area contributed by atoms with Gasteiger partial charge in [-0.25, -0.2) is 28.1 Å². The van der Waals surface area contributed by atoms with Gasteiger partial charge in [-0.15, -0.1) is 0 Å². The first-order valence-electron chi connectivity index (χ1n) is 16.9. The Morgan fingerprint density at radius 2 is 1.60 bits per heavy atom. The molecule has 11 nitrogen and oxygen atoms in total. The molecule has 1 amide bonds. The molecule has 2 aromatic carbocycles. The summed E-state index contributed by atoms with van der Waals surface area (Å²) in [5, 5.41) is 0. The first-order chi connectivity index (χ1) is 23.3. The zero-order valence-corrected chi connectivity index (χ0v) is 31.6. The maximum absolute atomic E-state index is 14.6. The van der Waals surface area contributed by atoms with Crippen molar-refractivity contribution >= 4 is 27.7 Å². The molecular formula is C38H49N7O4S. The van der Waals surface area contributed by atoms with Crippen molar-refractivity contribution in [3.8, 4) is 17.1 Å². The van der Waals surface area contributed by atoms with E-state index in [0.29, 0.717) is 17.9 Å². The molecule has 1 aliphatic rings. The lowest BCUT2D eigenvalue weighted by Gasteiger charge is -2.35. The SMILES string of the molecule is Cc1cnc(CN2C(=O)c3cccc(c3)S(=O)(=O)Nc3nc(cc(-c4c(C)cccc4C)n3)OC[C@H]2CC(C)(C)C)nc1N(C)CC(C)(C)C. The van der Waals surface area contributed by atoms with E-state index in [2.05, 4.69) is 66.1 Å². The van der Waals surface area contributed by atoms with Crippen LogP contribution in [-0.4, -0.2) is 65.4 Å². The lowest BCUT2D eigenvalue weighted by Crippen LogP contribution is -2.45. The minimum atomic E-state index is -4.19. The Kier molecular flexibility index (Phi) is 10.3. The summed E-state index contributed by atoms with van der Waals surface area (Å²) in [6.45, 7) is 19.7. The highest BCUT2D eigenvalue weighted by atomic mass is 32.2. The van der Waals surface area contributed by atoms with E-state index < -0.39 is 16.1 Å². The predicted octanol–water partition coefficient (Wildman–Crippen LogP) is 6.98. The molecule has 0 saturated carbocycles. The van der Waals surface area contributed by atoms with Gasteiger partial charge in [0.05, 0.1) is 23.2 Å². The van der Waals surface area contributed by atoms with Gasteiger partial charge in [0, 0.05) is 42.5 Å². The van der Waals surface area contributed by atoms with Crippen LogP contribution in [0.3, 0.4) is 0 Å². The number of rotatable bonds is 6. The fraction of sp³-hybridized carbons (Fsp3) is 0.447. The topological polar surface area (TPSA) is 131 Å². The number of ether oxygens (including phenoxy) is 1. The zero-order valence-electron chi connectivity index (χ0n) is 30.8. The van der Waals surface area contributed by atoms with Gasteiger partial charge in [-0.1, -0.05) is 65.8 Å². The molecule has 1 atom stereocenters. The number of nitrogens with zero attached hydrogens (tertiary/aromatic N) is 6. The van der Waals surface area contributed by atoms with Crippen LogP contribution >= 0.6 is 0 Å². The van der Waals surface area contributed by atoms with Crippen molar-refractivity contribution in [1.82, 2.24) is 24.8 Å². The lowest BCUT2D eigenvalue weighted by atomic mass is 9.87. The van der Waals surface area contributed by atoms with Crippen molar-refractivity contribution in [2.75, 3.05) is 29.8 Å². The first kappa shape index (κ1) is 36.7. The van der Waals surface area contributed by atoms with Gasteiger partial charge < -0.3 is 14.5 Å². The van der Waals surface area contributed by atoms with E-state index in [1.807, 2.05) is 46.0 Å². The number of carbonyl (C=O) groups excluding carboxylic acids is 1. The second-order valence-electron chi connectivity index (χ2n) is 15.7. The fourth-order valence-corrected chi connectivity index (χ4v) is 7.41. The van der Waals surface area contributed by atoms with Gasteiger partial charge in [0.1, 0.15) is 18.2 Å². The van der Waals surface area contributed by atoms with E-state index in [1.54, 1.807) is 29.3 Å². The van der Waals surface area contributed by atoms with Gasteiger partial charge in [0.15, 0.2) is 0 Å². The third kappa shape index (κ3) is 8.76. The van der Waals surface area contributed by atoms with E-state index in [1.165, 1.54) is 12.1 Å². The summed E-state index contributed by atoms with van der Waals surface area (Å²) in [7, 11) is -2.18. The van der Waals surface area contributed by atoms with Gasteiger partial charge in [0.2, 0.25) is 11.8 Å². The summed E-state index contributed by atoms with van der Waals surface area (Å²) in [6, 6.07) is 13.2. The average molecular weight is 700 g/mol. The van der Waals surface area contributed by atoms with Gasteiger partial charge in [0.25, 0.3) is 15.9 Å². The summed E-state index contributed by atoms with van der Waals surface area (Å²) in [6.07, 6.45) is 2.35. The van der Waals surface area contributed by atoms with Gasteiger partial charge in [-0.2, -0.15) is 4.98 Å². The van der Waals surface area contributed by atoms with Crippen molar-refractivity contribution < 1.29 is 17.9 Å². The monoisotopic (exact) mass is 699 g/mol. The molecule has 4 aromatic rings. The number of aromatic nitrogens is 4. The molecule has 266 valence electrons. The van der Waals surface area contributed by atoms with Gasteiger partial charge in [-0.3, -0.25) is 4.79 Å². The summed E-state index contributed by atoms with van der Waals surface area (Å²) in [4.78, 5) is 37.0. The van der Waals surface area contributed by atoms with Crippen molar-refractivity contribution in [3.63, 3.8) is 0 Å². The van der Waals surface area contributed by atoms with Crippen molar-refractivity contribution in [2.24, 2.45) is 10.8 Å². The number of nitrogens with one attached hydrogen (secondary N) is 1. The molecule has 3 heterocycles. The molecule has 0 aliphatic carbocycles. The smallest absolute Gasteiger partial charge is 0.264 e. The molecule has 0 radical (unpaired) electrons. The van der Waals surface area contributed by atoms with Crippen LogP contribution in [0.2, 0.25) is 0 Å². The Labute approximate surface area is 296 Å². The van der Waals surface area contributed by atoms with Gasteiger partial charge >= 0.3 is 0 Å². The molecule has 0 unspecified atom stereocenters. The highest BCUT2D eigenvalue weighted by Crippen LogP contribution is 2.32. The zero-order chi connectivity index (χ0) is 36.6. The third-order valence-electron chi connectivity index (χ3n) is 8.41. The molecule has 4 bridgehead atoms. The van der Waals surface area contributed by atoms with Crippen molar-refractivity contribution in [3.05, 3.63) is 82.8 Å². The Morgan fingerprint density at radius 1 is 0.920 bits per heavy atom. The normalized spacial score (nSPS) is 16.4. The lowest BCUT2D eigenvalue weighted by molar-refractivity contribution is 0.0505. The Balaban J connectivity index is 1.65. The molecular weight excluding hydrogens is 651 g/mol. The molecule has 0 fully saturated rings. The quantitative estimate of drug-likeness (QED) is 0.227. The number of benzene rings is 2. The highest BCUT2D eigenvalue weighted by molar-refractivity contribution is 7.92. The van der Waals surface area contributed by atoms with E-state index >= 15 is 0 Å². The number of aryl methyl sites for hydroxylation is 3. The number of hydrogen-bond donors (Lipinski definition) is 1. The van der Waals surface area contributed by atoms with Crippen LogP contribution in [0.4, 0.5) is 11.8 Å². The summed E-state index contributed by atoms with van der Waals surface area (Å²) in [5.74, 6) is 0.959. The van der Waals surface area contributed by atoms with E-state index in [9.17, 15) is 13.2 Å². The highest BCUT2D eigenvalue weighted by Gasteiger charge is 2.32. The average Bonchev–Trinajstić information content (AvgIpc) is 3.00. The minimum absolute atomic E-state index is 0.0337. The van der Waals surface area contributed by atoms with Crippen LogP contribution in [0, 0.1) is 31.6 Å². The molecule has 12 heteroatoms. The number of hydrogen-bond acceptors (Lipinski definition) is 9. The summed E-state index contributed by atoms with van der Waals surface area (Å²) < 4.78 is 36.4. The fourth-order valence-electron chi connectivity index (χ4n) is 6.42. The molecule has 2 aromatic heterocycles. The van der Waals surface area contributed by atoms with Crippen LogP contribution in [0.15, 0.2) is 59.6 Å². The van der Waals surface area contributed by atoms with Crippen LogP contribution in [0.25, 0.3) is 11.3 Å². The molecule has 5 rings (SSSR count). The number of carbonyl (C=O) groups is 1. The Bertz CT molecular complexity index is 1980. The predicted molar refractivity (Wildman–Crippen MR) is 197 cm³/mol. The number of amides is 1. The van der Waals surface area contributed by atoms with E-state index in [4.69, 9.17) is 9.72 Å². The largest absolute Gasteiger partial charge is 0.475 e. The molecule has 50 heavy (non-hydrogen) atoms. The maximum atomic E-state index is 14.6. The van der Waals surface area contributed by atoms with E-state index in [0.717, 1.165) is 34.6 Å². The van der Waals surface area contributed by atoms with Crippen LogP contribution in [-0.2, 0) is 16.6 Å². The Hall–Kier alpha value is -4.58. The molecule has 1 aliphatic heterocycles. The van der Waals surface area contributed by atoms with Crippen LogP contribution < -0.4 is 14.4 Å². The first-order valence-corrected chi connectivity index (χ1v) is 18.3. The Morgan fingerprint density at radius 3 is 2.26 bits per heavy atom. The standard InChI is InChI=1S/C38H49N7O4S/c1-24-13-11-14-25(2)33(24)30-18-32-42-36(40-30)43-50(47,48)29-16-12-15-27(17-29)35(46)45(28(22-49-32)19-37(4,5)6)21-31-39-20-26(3)34(41-31)44(10)23-38(7,8)9/h11-18,20,28H,19,21-23H2,1-10H3,(H,40,42,43)/t28-/m1/s1. The third-order valence-corrected chi connectivity index (χ3v) is 9.74. The van der Waals surface area contributed by atoms with Gasteiger partial charge in [-0.05, 0) is 67.3 Å². The molecule has 0 spiro atoms. The number of fused-ring (bicyclic) bond motifs is 4. The second-order valence-corrected chi connectivity index (χ2v) is 17.4. The summed E-state index contributed by atoms with van der Waals surface area (Å²) in [5.41, 5.74) is 4.30.